The maximum Gasteiger partial charge on any atom is 0.337 e. The van der Waals surface area contributed by atoms with Crippen molar-refractivity contribution >= 4 is 40.0 Å². The Morgan fingerprint density at radius 2 is 1.55 bits per heavy atom. The molecule has 0 fully saturated rings. The molecule has 0 spiro atoms. The van der Waals surface area contributed by atoms with Gasteiger partial charge < -0.3 is 20.5 Å². The average Bonchev–Trinajstić information content (AvgIpc) is 3.14. The first-order valence-corrected chi connectivity index (χ1v) is 9.19. The van der Waals surface area contributed by atoms with Gasteiger partial charge in [-0.3, -0.25) is 4.79 Å². The summed E-state index contributed by atoms with van der Waals surface area (Å²) in [6.07, 6.45) is 0. The first kappa shape index (κ1) is 20.0. The first-order valence-electron chi connectivity index (χ1n) is 8.37. The lowest BCUT2D eigenvalue weighted by molar-refractivity contribution is 0.0599. The van der Waals surface area contributed by atoms with Crippen LogP contribution in [-0.4, -0.2) is 37.0 Å². The monoisotopic (exact) mass is 411 g/mol. The van der Waals surface area contributed by atoms with Gasteiger partial charge in [0.05, 0.1) is 31.0 Å². The molecular formula is C20H17N3O5S. The summed E-state index contributed by atoms with van der Waals surface area (Å²) in [6, 6.07) is 13.3. The number of rotatable bonds is 5. The molecule has 0 saturated heterocycles. The molecule has 0 saturated carbocycles. The molecule has 0 aliphatic carbocycles. The number of carbonyl (C=O) groups is 3. The van der Waals surface area contributed by atoms with Crippen LogP contribution in [0, 0.1) is 0 Å². The van der Waals surface area contributed by atoms with Gasteiger partial charge >= 0.3 is 11.9 Å². The molecule has 0 unspecified atom stereocenters. The van der Waals surface area contributed by atoms with Crippen molar-refractivity contribution in [2.75, 3.05) is 25.3 Å². The van der Waals surface area contributed by atoms with Gasteiger partial charge in [0.1, 0.15) is 4.88 Å². The Kier molecular flexibility index (Phi) is 5.89. The first-order chi connectivity index (χ1) is 13.9. The van der Waals surface area contributed by atoms with Crippen molar-refractivity contribution in [3.8, 4) is 11.3 Å². The summed E-state index contributed by atoms with van der Waals surface area (Å²) in [5.41, 5.74) is 7.42. The minimum absolute atomic E-state index is 0.0952. The number of nitrogens with two attached hydrogens (primary N) is 1. The molecule has 1 amide bonds. The van der Waals surface area contributed by atoms with Crippen LogP contribution in [0.15, 0.2) is 48.5 Å². The minimum atomic E-state index is -0.654. The summed E-state index contributed by atoms with van der Waals surface area (Å²) < 4.78 is 9.40. The zero-order valence-corrected chi connectivity index (χ0v) is 16.4. The van der Waals surface area contributed by atoms with E-state index in [1.165, 1.54) is 32.4 Å². The second-order valence-corrected chi connectivity index (χ2v) is 6.86. The zero-order valence-electron chi connectivity index (χ0n) is 15.6. The largest absolute Gasteiger partial charge is 0.465 e. The number of anilines is 2. The Labute approximate surface area is 170 Å². The molecule has 3 N–H and O–H groups in total. The number of hydrogen-bond donors (Lipinski definition) is 2. The highest BCUT2D eigenvalue weighted by Gasteiger charge is 2.20. The van der Waals surface area contributed by atoms with Crippen LogP contribution in [0.1, 0.15) is 30.4 Å². The highest BCUT2D eigenvalue weighted by Crippen LogP contribution is 2.30. The van der Waals surface area contributed by atoms with Gasteiger partial charge in [-0.1, -0.05) is 41.7 Å². The number of benzene rings is 2. The molecule has 29 heavy (non-hydrogen) atoms. The quantitative estimate of drug-likeness (QED) is 0.618. The number of nitrogen functional groups attached to an aromatic ring is 1. The van der Waals surface area contributed by atoms with E-state index in [9.17, 15) is 14.4 Å². The fraction of sp³-hybridized carbons (Fsp3) is 0.100. The highest BCUT2D eigenvalue weighted by atomic mass is 32.1. The average molecular weight is 411 g/mol. The summed E-state index contributed by atoms with van der Waals surface area (Å²) in [5.74, 6) is -1.78. The summed E-state index contributed by atoms with van der Waals surface area (Å²) in [7, 11) is 2.44. The third-order valence-electron chi connectivity index (χ3n) is 3.93. The fourth-order valence-electron chi connectivity index (χ4n) is 2.64. The van der Waals surface area contributed by atoms with Gasteiger partial charge in [-0.2, -0.15) is 0 Å². The number of nitrogens with one attached hydrogen (secondary N) is 1. The van der Waals surface area contributed by atoms with E-state index in [2.05, 4.69) is 10.3 Å². The molecule has 0 aliphatic heterocycles. The van der Waals surface area contributed by atoms with E-state index in [1.807, 2.05) is 30.3 Å². The number of aromatic nitrogens is 1. The van der Waals surface area contributed by atoms with E-state index in [0.717, 1.165) is 16.9 Å². The Balaban J connectivity index is 1.97. The molecule has 9 heteroatoms. The molecule has 2 aromatic carbocycles. The maximum atomic E-state index is 12.9. The van der Waals surface area contributed by atoms with Crippen molar-refractivity contribution in [1.82, 2.24) is 4.98 Å². The molecule has 148 valence electrons. The normalized spacial score (nSPS) is 10.3. The molecule has 8 nitrogen and oxygen atoms in total. The van der Waals surface area contributed by atoms with Crippen molar-refractivity contribution in [2.24, 2.45) is 0 Å². The van der Waals surface area contributed by atoms with Crippen LogP contribution in [0.25, 0.3) is 11.3 Å². The third-order valence-corrected chi connectivity index (χ3v) is 4.81. The third kappa shape index (κ3) is 4.41. The van der Waals surface area contributed by atoms with E-state index in [4.69, 9.17) is 15.2 Å². The van der Waals surface area contributed by atoms with Gasteiger partial charge in [-0.15, -0.1) is 0 Å². The van der Waals surface area contributed by atoms with Crippen LogP contribution >= 0.6 is 11.3 Å². The number of nitrogens with zero attached hydrogens (tertiary/aromatic N) is 1. The summed E-state index contributed by atoms with van der Waals surface area (Å²) in [4.78, 5) is 41.3. The van der Waals surface area contributed by atoms with E-state index < -0.39 is 17.8 Å². The number of hydrogen-bond acceptors (Lipinski definition) is 8. The van der Waals surface area contributed by atoms with E-state index in [1.54, 1.807) is 0 Å². The van der Waals surface area contributed by atoms with Crippen molar-refractivity contribution in [3.05, 3.63) is 64.5 Å². The van der Waals surface area contributed by atoms with Crippen LogP contribution in [0.2, 0.25) is 0 Å². The van der Waals surface area contributed by atoms with E-state index in [0.29, 0.717) is 10.6 Å². The van der Waals surface area contributed by atoms with Crippen molar-refractivity contribution in [1.29, 1.82) is 0 Å². The lowest BCUT2D eigenvalue weighted by Gasteiger charge is -2.09. The number of amides is 1. The van der Waals surface area contributed by atoms with Gasteiger partial charge in [0.15, 0.2) is 5.13 Å². The predicted molar refractivity (Wildman–Crippen MR) is 109 cm³/mol. The standard InChI is InChI=1S/C20H17N3O5S/c1-27-18(25)12-8-13(19(26)28-2)10-14(9-12)22-17(24)16-15(23-20(21)29-16)11-6-4-3-5-7-11/h3-10H,1-2H3,(H2,21,23)(H,22,24). The van der Waals surface area contributed by atoms with Crippen LogP contribution in [0.5, 0.6) is 0 Å². The van der Waals surface area contributed by atoms with Gasteiger partial charge in [0, 0.05) is 11.3 Å². The predicted octanol–water partition coefficient (Wildman–Crippen LogP) is 3.22. The van der Waals surface area contributed by atoms with E-state index in [-0.39, 0.29) is 21.9 Å². The molecular weight excluding hydrogens is 394 g/mol. The molecule has 1 heterocycles. The lowest BCUT2D eigenvalue weighted by Crippen LogP contribution is -2.14. The number of carbonyl (C=O) groups excluding carboxylic acids is 3. The van der Waals surface area contributed by atoms with Gasteiger partial charge in [-0.05, 0) is 18.2 Å². The van der Waals surface area contributed by atoms with Crippen molar-refractivity contribution in [3.63, 3.8) is 0 Å². The Bertz CT molecular complexity index is 1040. The molecule has 0 radical (unpaired) electrons. The van der Waals surface area contributed by atoms with Gasteiger partial charge in [0.2, 0.25) is 0 Å². The van der Waals surface area contributed by atoms with Crippen LogP contribution in [0.4, 0.5) is 10.8 Å². The Hall–Kier alpha value is -3.72. The molecule has 3 aromatic rings. The summed E-state index contributed by atoms with van der Waals surface area (Å²) in [5, 5.41) is 2.92. The van der Waals surface area contributed by atoms with E-state index >= 15 is 0 Å². The van der Waals surface area contributed by atoms with Crippen LogP contribution < -0.4 is 11.1 Å². The second-order valence-electron chi connectivity index (χ2n) is 5.83. The number of methoxy groups -OCH3 is 2. The topological polar surface area (TPSA) is 121 Å². The van der Waals surface area contributed by atoms with Gasteiger partial charge in [0.25, 0.3) is 5.91 Å². The molecule has 3 rings (SSSR count). The summed E-state index contributed by atoms with van der Waals surface area (Å²) >= 11 is 1.04. The smallest absolute Gasteiger partial charge is 0.337 e. The van der Waals surface area contributed by atoms with Gasteiger partial charge in [-0.25, -0.2) is 14.6 Å². The van der Waals surface area contributed by atoms with Crippen molar-refractivity contribution in [2.45, 2.75) is 0 Å². The molecule has 0 bridgehead atoms. The van der Waals surface area contributed by atoms with Crippen LogP contribution in [0.3, 0.4) is 0 Å². The SMILES string of the molecule is COC(=O)c1cc(NC(=O)c2sc(N)nc2-c2ccccc2)cc(C(=O)OC)c1. The summed E-state index contributed by atoms with van der Waals surface area (Å²) in [6.45, 7) is 0. The zero-order chi connectivity index (χ0) is 21.0. The highest BCUT2D eigenvalue weighted by molar-refractivity contribution is 7.17. The fourth-order valence-corrected chi connectivity index (χ4v) is 3.39. The Morgan fingerprint density at radius 1 is 0.966 bits per heavy atom. The van der Waals surface area contributed by atoms with Crippen molar-refractivity contribution < 1.29 is 23.9 Å². The number of ether oxygens (including phenoxy) is 2. The minimum Gasteiger partial charge on any atom is -0.465 e. The second kappa shape index (κ2) is 8.53. The molecule has 1 aromatic heterocycles. The number of thiazole rings is 1. The maximum absolute atomic E-state index is 12.9. The lowest BCUT2D eigenvalue weighted by atomic mass is 10.1. The molecule has 0 aliphatic rings. The molecule has 0 atom stereocenters. The number of esters is 2. The van der Waals surface area contributed by atoms with Crippen LogP contribution in [-0.2, 0) is 9.47 Å². The Morgan fingerprint density at radius 3 is 2.10 bits per heavy atom.